The van der Waals surface area contributed by atoms with Crippen LogP contribution in [-0.2, 0) is 15.0 Å². The van der Waals surface area contributed by atoms with Gasteiger partial charge in [-0.2, -0.15) is 0 Å². The molecule has 8 heteroatoms. The standard InChI is InChI=1S/C31H29ClN2O4S/c1-6-38-23-13-10-19(15-21(23)31(3,4)5)27(35)25-26(18-9-7-8-17(2)14-18)34(29(37)28(25)36)30-33-22-12-11-20(32)16-24(22)39-30/h7-16,26,35H,6H2,1-5H3/b27-25+. The van der Waals surface area contributed by atoms with Crippen molar-refractivity contribution in [3.05, 3.63) is 93.5 Å². The van der Waals surface area contributed by atoms with Crippen LogP contribution in [0.2, 0.25) is 5.02 Å². The summed E-state index contributed by atoms with van der Waals surface area (Å²) in [7, 11) is 0. The van der Waals surface area contributed by atoms with Crippen molar-refractivity contribution in [2.75, 3.05) is 11.5 Å². The van der Waals surface area contributed by atoms with Gasteiger partial charge in [-0.1, -0.05) is 73.5 Å². The van der Waals surface area contributed by atoms with Crippen molar-refractivity contribution >= 4 is 55.7 Å². The van der Waals surface area contributed by atoms with E-state index < -0.39 is 17.7 Å². The van der Waals surface area contributed by atoms with Gasteiger partial charge in [-0.15, -0.1) is 0 Å². The number of aryl methyl sites for hydroxylation is 1. The molecule has 3 aromatic carbocycles. The lowest BCUT2D eigenvalue weighted by atomic mass is 9.84. The van der Waals surface area contributed by atoms with Crippen molar-refractivity contribution in [3.63, 3.8) is 0 Å². The van der Waals surface area contributed by atoms with Gasteiger partial charge in [0.15, 0.2) is 5.13 Å². The topological polar surface area (TPSA) is 79.7 Å². The Bertz CT molecular complexity index is 1650. The first-order valence-electron chi connectivity index (χ1n) is 12.7. The molecule has 6 nitrogen and oxygen atoms in total. The Morgan fingerprint density at radius 1 is 1.10 bits per heavy atom. The van der Waals surface area contributed by atoms with Gasteiger partial charge in [-0.25, -0.2) is 4.98 Å². The Morgan fingerprint density at radius 2 is 1.87 bits per heavy atom. The third-order valence-corrected chi connectivity index (χ3v) is 7.96. The van der Waals surface area contributed by atoms with Gasteiger partial charge in [-0.3, -0.25) is 14.5 Å². The highest BCUT2D eigenvalue weighted by Crippen LogP contribution is 2.45. The number of aliphatic hydroxyl groups is 1. The maximum absolute atomic E-state index is 13.6. The molecule has 1 aromatic heterocycles. The Labute approximate surface area is 236 Å². The molecular weight excluding hydrogens is 532 g/mol. The maximum Gasteiger partial charge on any atom is 0.301 e. The average Bonchev–Trinajstić information content (AvgIpc) is 3.41. The molecule has 0 radical (unpaired) electrons. The van der Waals surface area contributed by atoms with E-state index in [2.05, 4.69) is 25.8 Å². The molecule has 0 saturated carbocycles. The molecule has 1 aliphatic heterocycles. The number of Topliss-reactive ketones (excluding diaryl/α,β-unsaturated/α-hetero) is 1. The highest BCUT2D eigenvalue weighted by atomic mass is 35.5. The van der Waals surface area contributed by atoms with Crippen LogP contribution in [0.3, 0.4) is 0 Å². The number of carbonyl (C=O) groups is 2. The lowest BCUT2D eigenvalue weighted by Crippen LogP contribution is -2.29. The van der Waals surface area contributed by atoms with Crippen LogP contribution in [0, 0.1) is 6.92 Å². The number of hydrogen-bond donors (Lipinski definition) is 1. The fraction of sp³-hybridized carbons (Fsp3) is 0.258. The summed E-state index contributed by atoms with van der Waals surface area (Å²) < 4.78 is 6.63. The Kier molecular flexibility index (Phi) is 6.99. The van der Waals surface area contributed by atoms with E-state index in [1.807, 2.05) is 44.2 Å². The van der Waals surface area contributed by atoms with E-state index in [9.17, 15) is 14.7 Å². The lowest BCUT2D eigenvalue weighted by molar-refractivity contribution is -0.132. The van der Waals surface area contributed by atoms with E-state index in [0.717, 1.165) is 15.8 Å². The quantitative estimate of drug-likeness (QED) is 0.155. The number of nitrogens with zero attached hydrogens (tertiary/aromatic N) is 2. The number of anilines is 1. The number of ether oxygens (including phenoxy) is 1. The van der Waals surface area contributed by atoms with Crippen molar-refractivity contribution in [2.24, 2.45) is 0 Å². The summed E-state index contributed by atoms with van der Waals surface area (Å²) >= 11 is 7.46. The van der Waals surface area contributed by atoms with E-state index >= 15 is 0 Å². The van der Waals surface area contributed by atoms with Gasteiger partial charge >= 0.3 is 5.91 Å². The molecule has 39 heavy (non-hydrogen) atoms. The van der Waals surface area contributed by atoms with E-state index in [1.165, 1.54) is 16.2 Å². The fourth-order valence-electron chi connectivity index (χ4n) is 4.88. The molecule has 1 saturated heterocycles. The number of ketones is 1. The molecule has 1 amide bonds. The number of aliphatic hydroxyl groups excluding tert-OH is 1. The first-order valence-corrected chi connectivity index (χ1v) is 13.9. The fourth-order valence-corrected chi connectivity index (χ4v) is 6.14. The molecule has 0 aliphatic carbocycles. The second kappa shape index (κ2) is 10.1. The van der Waals surface area contributed by atoms with Crippen LogP contribution in [0.5, 0.6) is 5.75 Å². The zero-order valence-electron chi connectivity index (χ0n) is 22.4. The molecule has 1 aliphatic rings. The first kappa shape index (κ1) is 26.9. The molecule has 200 valence electrons. The van der Waals surface area contributed by atoms with Crippen molar-refractivity contribution in [1.82, 2.24) is 4.98 Å². The smallest absolute Gasteiger partial charge is 0.301 e. The Balaban J connectivity index is 1.73. The number of thiazole rings is 1. The summed E-state index contributed by atoms with van der Waals surface area (Å²) in [5.74, 6) is -1.02. The zero-order chi connectivity index (χ0) is 28.1. The van der Waals surface area contributed by atoms with Crippen LogP contribution in [0.15, 0.2) is 66.2 Å². The van der Waals surface area contributed by atoms with Gasteiger partial charge in [0.2, 0.25) is 0 Å². The van der Waals surface area contributed by atoms with Crippen LogP contribution in [-0.4, -0.2) is 28.4 Å². The minimum atomic E-state index is -0.856. The van der Waals surface area contributed by atoms with Crippen molar-refractivity contribution in [1.29, 1.82) is 0 Å². The highest BCUT2D eigenvalue weighted by molar-refractivity contribution is 7.22. The normalized spacial score (nSPS) is 17.3. The number of fused-ring (bicyclic) bond motifs is 1. The van der Waals surface area contributed by atoms with Crippen LogP contribution >= 0.6 is 22.9 Å². The predicted octanol–water partition coefficient (Wildman–Crippen LogP) is 7.58. The van der Waals surface area contributed by atoms with E-state index in [0.29, 0.717) is 39.2 Å². The molecule has 2 heterocycles. The molecule has 1 N–H and O–H groups in total. The van der Waals surface area contributed by atoms with Gasteiger partial charge in [-0.05, 0) is 61.2 Å². The third kappa shape index (κ3) is 4.92. The summed E-state index contributed by atoms with van der Waals surface area (Å²) in [5.41, 5.74) is 3.40. The third-order valence-electron chi connectivity index (χ3n) is 6.71. The van der Waals surface area contributed by atoms with E-state index in [4.69, 9.17) is 16.3 Å². The minimum absolute atomic E-state index is 0.0203. The van der Waals surface area contributed by atoms with Crippen LogP contribution in [0.25, 0.3) is 16.0 Å². The van der Waals surface area contributed by atoms with Crippen LogP contribution in [0.1, 0.15) is 56.0 Å². The van der Waals surface area contributed by atoms with Gasteiger partial charge < -0.3 is 9.84 Å². The number of benzene rings is 3. The first-order chi connectivity index (χ1) is 18.5. The van der Waals surface area contributed by atoms with Gasteiger partial charge in [0, 0.05) is 16.1 Å². The number of carbonyl (C=O) groups excluding carboxylic acids is 2. The molecule has 1 atom stereocenters. The second-order valence-electron chi connectivity index (χ2n) is 10.6. The van der Waals surface area contributed by atoms with Crippen molar-refractivity contribution in [3.8, 4) is 5.75 Å². The molecule has 5 rings (SSSR count). The molecular formula is C31H29ClN2O4S. The monoisotopic (exact) mass is 560 g/mol. The van der Waals surface area contributed by atoms with Gasteiger partial charge in [0.1, 0.15) is 11.5 Å². The number of halogens is 1. The number of amides is 1. The number of hydrogen-bond acceptors (Lipinski definition) is 6. The molecule has 4 aromatic rings. The average molecular weight is 561 g/mol. The number of aromatic nitrogens is 1. The van der Waals surface area contributed by atoms with E-state index in [-0.39, 0.29) is 16.7 Å². The minimum Gasteiger partial charge on any atom is -0.507 e. The van der Waals surface area contributed by atoms with E-state index in [1.54, 1.807) is 30.3 Å². The predicted molar refractivity (Wildman–Crippen MR) is 157 cm³/mol. The largest absolute Gasteiger partial charge is 0.507 e. The molecule has 0 bridgehead atoms. The Morgan fingerprint density at radius 3 is 2.56 bits per heavy atom. The summed E-state index contributed by atoms with van der Waals surface area (Å²) in [6.07, 6.45) is 0. The van der Waals surface area contributed by atoms with Crippen LogP contribution in [0.4, 0.5) is 5.13 Å². The summed E-state index contributed by atoms with van der Waals surface area (Å²) in [4.78, 5) is 33.2. The highest BCUT2D eigenvalue weighted by Gasteiger charge is 2.48. The van der Waals surface area contributed by atoms with Crippen LogP contribution < -0.4 is 9.64 Å². The van der Waals surface area contributed by atoms with Gasteiger partial charge in [0.05, 0.1) is 28.4 Å². The SMILES string of the molecule is CCOc1ccc(/C(O)=C2\C(=O)C(=O)N(c3nc4ccc(Cl)cc4s3)C2c2cccc(C)c2)cc1C(C)(C)C. The van der Waals surface area contributed by atoms with Crippen molar-refractivity contribution < 1.29 is 19.4 Å². The molecule has 1 unspecified atom stereocenters. The summed E-state index contributed by atoms with van der Waals surface area (Å²) in [6, 6.07) is 17.4. The lowest BCUT2D eigenvalue weighted by Gasteiger charge is -2.25. The van der Waals surface area contributed by atoms with Gasteiger partial charge in [0.25, 0.3) is 5.78 Å². The zero-order valence-corrected chi connectivity index (χ0v) is 24.0. The number of rotatable bonds is 5. The second-order valence-corrected chi connectivity index (χ2v) is 12.0. The summed E-state index contributed by atoms with van der Waals surface area (Å²) in [6.45, 7) is 10.5. The maximum atomic E-state index is 13.6. The summed E-state index contributed by atoms with van der Waals surface area (Å²) in [5, 5.41) is 12.6. The van der Waals surface area contributed by atoms with Crippen molar-refractivity contribution in [2.45, 2.75) is 46.1 Å². The molecule has 0 spiro atoms. The Hall–Kier alpha value is -3.68. The molecule has 1 fully saturated rings.